The van der Waals surface area contributed by atoms with Gasteiger partial charge in [-0.25, -0.2) is 0 Å². The predicted molar refractivity (Wildman–Crippen MR) is 131 cm³/mol. The van der Waals surface area contributed by atoms with Crippen LogP contribution in [0.4, 0.5) is 5.69 Å². The van der Waals surface area contributed by atoms with E-state index in [1.54, 1.807) is 35.7 Å². The Kier molecular flexibility index (Phi) is 7.12. The van der Waals surface area contributed by atoms with E-state index in [2.05, 4.69) is 6.58 Å². The lowest BCUT2D eigenvalue weighted by Gasteiger charge is -2.32. The van der Waals surface area contributed by atoms with Crippen LogP contribution >= 0.6 is 30.5 Å². The summed E-state index contributed by atoms with van der Waals surface area (Å²) in [4.78, 5) is 15.3. The van der Waals surface area contributed by atoms with Crippen molar-refractivity contribution in [1.29, 1.82) is 0 Å². The minimum absolute atomic E-state index is 0.241. The normalized spacial score (nSPS) is 16.2. The number of amides is 1. The van der Waals surface area contributed by atoms with Crippen LogP contribution in [0.15, 0.2) is 54.6 Å². The van der Waals surface area contributed by atoms with Crippen molar-refractivity contribution in [2.75, 3.05) is 32.3 Å². The van der Waals surface area contributed by atoms with Crippen LogP contribution in [0, 0.1) is 0 Å². The molecule has 1 fully saturated rings. The van der Waals surface area contributed by atoms with Crippen molar-refractivity contribution in [3.8, 4) is 11.5 Å². The van der Waals surface area contributed by atoms with Gasteiger partial charge in [0.05, 0.1) is 33.1 Å². The van der Waals surface area contributed by atoms with Gasteiger partial charge in [0.25, 0.3) is 5.91 Å². The van der Waals surface area contributed by atoms with Gasteiger partial charge in [-0.1, -0.05) is 18.2 Å². The summed E-state index contributed by atoms with van der Waals surface area (Å²) in [5.41, 5.74) is -0.230. The number of hydrogen-bond donors (Lipinski definition) is 0. The Hall–Kier alpha value is -2.35. The number of rotatable bonds is 7. The number of nitrogens with zero attached hydrogens (tertiary/aromatic N) is 1. The number of anilines is 1. The summed E-state index contributed by atoms with van der Waals surface area (Å²) in [5, 5.41) is 3.04. The molecule has 1 aromatic heterocycles. The highest BCUT2D eigenvalue weighted by molar-refractivity contribution is 7.55. The van der Waals surface area contributed by atoms with Gasteiger partial charge >= 0.3 is 7.60 Å². The molecule has 1 saturated heterocycles. The largest absolute Gasteiger partial charge is 0.497 e. The molecule has 4 rings (SSSR count). The van der Waals surface area contributed by atoms with Crippen molar-refractivity contribution >= 4 is 52.2 Å². The van der Waals surface area contributed by atoms with Crippen molar-refractivity contribution in [3.05, 3.63) is 65.1 Å². The highest BCUT2D eigenvalue weighted by atomic mass is 35.5. The van der Waals surface area contributed by atoms with Crippen LogP contribution in [0.3, 0.4) is 0 Å². The van der Waals surface area contributed by atoms with Crippen molar-refractivity contribution in [1.82, 2.24) is 0 Å². The van der Waals surface area contributed by atoms with E-state index in [1.165, 1.54) is 36.7 Å². The van der Waals surface area contributed by atoms with Gasteiger partial charge in [0, 0.05) is 34.1 Å². The minimum Gasteiger partial charge on any atom is -0.497 e. The number of carbonyl (C=O) groups excluding carboxylic acids is 1. The molecule has 0 bridgehead atoms. The third kappa shape index (κ3) is 4.67. The number of ether oxygens (including phenoxy) is 2. The average Bonchev–Trinajstić information content (AvgIpc) is 3.22. The number of halogens is 1. The van der Waals surface area contributed by atoms with Gasteiger partial charge in [-0.05, 0) is 40.9 Å². The number of thiophene rings is 1. The summed E-state index contributed by atoms with van der Waals surface area (Å²) in [7, 11) is -0.814. The van der Waals surface area contributed by atoms with E-state index in [4.69, 9.17) is 30.1 Å². The van der Waals surface area contributed by atoms with E-state index in [0.717, 1.165) is 10.1 Å². The Morgan fingerprint density at radius 3 is 2.45 bits per heavy atom. The van der Waals surface area contributed by atoms with Crippen LogP contribution in [0.5, 0.6) is 11.5 Å². The summed E-state index contributed by atoms with van der Waals surface area (Å²) < 4.78 is 36.8. The first-order chi connectivity index (χ1) is 15.9. The summed E-state index contributed by atoms with van der Waals surface area (Å²) in [5.74, 6) is 0.473. The van der Waals surface area contributed by atoms with Crippen molar-refractivity contribution in [2.45, 2.75) is 12.1 Å². The highest BCUT2D eigenvalue weighted by Crippen LogP contribution is 2.64. The first kappa shape index (κ1) is 23.8. The van der Waals surface area contributed by atoms with Gasteiger partial charge in [0.2, 0.25) is 0 Å². The molecule has 0 saturated carbocycles. The molecule has 1 atom stereocenters. The maximum Gasteiger partial charge on any atom is 0.347 e. The molecule has 7 nitrogen and oxygen atoms in total. The minimum atomic E-state index is -3.85. The molecule has 0 aliphatic carbocycles. The molecule has 0 radical (unpaired) electrons. The molecule has 1 aliphatic rings. The maximum absolute atomic E-state index is 14.0. The summed E-state index contributed by atoms with van der Waals surface area (Å²) in [6.07, 6.45) is 1.96. The van der Waals surface area contributed by atoms with Gasteiger partial charge in [0.1, 0.15) is 11.5 Å². The van der Waals surface area contributed by atoms with Crippen LogP contribution in [0.25, 0.3) is 10.1 Å². The number of fused-ring (bicyclic) bond motifs is 1. The maximum atomic E-state index is 14.0. The van der Waals surface area contributed by atoms with Crippen molar-refractivity contribution in [2.24, 2.45) is 0 Å². The van der Waals surface area contributed by atoms with E-state index < -0.39 is 19.2 Å². The molecule has 1 amide bonds. The number of carbonyl (C=O) groups is 1. The van der Waals surface area contributed by atoms with Crippen molar-refractivity contribution in [3.63, 3.8) is 0 Å². The third-order valence-corrected chi connectivity index (χ3v) is 8.71. The standard InChI is InChI=1S/C23H23ClNO6PS/c1-4-25(16-11-17(28-2)13-18(12-16)29-3)23(26)22(32(27)30-8-5-9-31-32)20-14-33-21-7-6-15(24)10-19(20)21/h4,6-7,10-14,22H,1,5,8-9H2,2-3H3. The predicted octanol–water partition coefficient (Wildman–Crippen LogP) is 6.42. The highest BCUT2D eigenvalue weighted by Gasteiger charge is 2.47. The zero-order valence-electron chi connectivity index (χ0n) is 18.2. The van der Waals surface area contributed by atoms with Crippen molar-refractivity contribution < 1.29 is 27.9 Å². The zero-order chi connectivity index (χ0) is 23.6. The second-order valence-corrected chi connectivity index (χ2v) is 10.7. The Bertz CT molecular complexity index is 1210. The molecule has 174 valence electrons. The second-order valence-electron chi connectivity index (χ2n) is 7.26. The second kappa shape index (κ2) is 9.87. The topological polar surface area (TPSA) is 74.3 Å². The van der Waals surface area contributed by atoms with Crippen LogP contribution in [0.1, 0.15) is 17.6 Å². The number of hydrogen-bond acceptors (Lipinski definition) is 7. The SMILES string of the molecule is C=CN(C(=O)C(c1csc2ccc(Cl)cc12)P1(=O)OCCCO1)c1cc(OC)cc(OC)c1. The Morgan fingerprint density at radius 2 is 1.85 bits per heavy atom. The van der Waals surface area contributed by atoms with Crippen LogP contribution in [-0.4, -0.2) is 33.3 Å². The third-order valence-electron chi connectivity index (χ3n) is 5.28. The Morgan fingerprint density at radius 1 is 1.18 bits per heavy atom. The van der Waals surface area contributed by atoms with E-state index in [0.29, 0.717) is 34.2 Å². The first-order valence-corrected chi connectivity index (χ1v) is 13.0. The molecule has 2 aromatic carbocycles. The summed E-state index contributed by atoms with van der Waals surface area (Å²) in [6, 6.07) is 10.4. The van der Waals surface area contributed by atoms with E-state index in [-0.39, 0.29) is 13.2 Å². The van der Waals surface area contributed by atoms with Gasteiger partial charge in [-0.3, -0.25) is 14.3 Å². The van der Waals surface area contributed by atoms with E-state index in [9.17, 15) is 9.36 Å². The monoisotopic (exact) mass is 507 g/mol. The quantitative estimate of drug-likeness (QED) is 0.343. The molecule has 1 aliphatic heterocycles. The fourth-order valence-electron chi connectivity index (χ4n) is 3.69. The summed E-state index contributed by atoms with van der Waals surface area (Å²) in [6.45, 7) is 4.29. The number of methoxy groups -OCH3 is 2. The van der Waals surface area contributed by atoms with Crippen LogP contribution in [0.2, 0.25) is 5.02 Å². The fraction of sp³-hybridized carbons (Fsp3) is 0.261. The molecule has 0 N–H and O–H groups in total. The Labute approximate surface area is 201 Å². The van der Waals surface area contributed by atoms with Crippen LogP contribution < -0.4 is 14.4 Å². The molecule has 1 unspecified atom stereocenters. The van der Waals surface area contributed by atoms with Gasteiger partial charge in [0.15, 0.2) is 5.66 Å². The average molecular weight is 508 g/mol. The number of benzene rings is 2. The molecule has 0 spiro atoms. The molecular formula is C23H23ClNO6PS. The van der Waals surface area contributed by atoms with Crippen LogP contribution in [-0.2, 0) is 18.4 Å². The molecule has 33 heavy (non-hydrogen) atoms. The lowest BCUT2D eigenvalue weighted by Crippen LogP contribution is -2.32. The smallest absolute Gasteiger partial charge is 0.347 e. The molecular weight excluding hydrogens is 485 g/mol. The fourth-order valence-corrected chi connectivity index (χ4v) is 7.02. The lowest BCUT2D eigenvalue weighted by atomic mass is 10.1. The van der Waals surface area contributed by atoms with E-state index in [1.807, 2.05) is 6.07 Å². The first-order valence-electron chi connectivity index (χ1n) is 10.1. The van der Waals surface area contributed by atoms with Gasteiger partial charge in [-0.2, -0.15) is 0 Å². The molecule has 10 heteroatoms. The van der Waals surface area contributed by atoms with Gasteiger partial charge < -0.3 is 18.5 Å². The zero-order valence-corrected chi connectivity index (χ0v) is 20.6. The van der Waals surface area contributed by atoms with Gasteiger partial charge in [-0.15, -0.1) is 11.3 Å². The van der Waals surface area contributed by atoms with E-state index >= 15 is 0 Å². The molecule has 3 aromatic rings. The summed E-state index contributed by atoms with van der Waals surface area (Å²) >= 11 is 7.67. The molecule has 2 heterocycles. The Balaban J connectivity index is 1.86. The lowest BCUT2D eigenvalue weighted by molar-refractivity contribution is -0.118.